The first-order valence-electron chi connectivity index (χ1n) is 12.2. The molecule has 4 aromatic rings. The molecule has 1 N–H and O–H groups in total. The van der Waals surface area contributed by atoms with E-state index in [0.717, 1.165) is 49.4 Å². The summed E-state index contributed by atoms with van der Waals surface area (Å²) in [5.74, 6) is 0.515. The van der Waals surface area contributed by atoms with Gasteiger partial charge in [-0.15, -0.1) is 0 Å². The van der Waals surface area contributed by atoms with E-state index in [1.54, 1.807) is 7.11 Å². The SMILES string of the molecule is CO[C@@H](CO)COc1cc(C)c(-c2cccc(COc3ccc(Cn4oc(=O)[n-]c4=O)cc3)c2C)c(C)c1.[Na+]. The van der Waals surface area contributed by atoms with Crippen LogP contribution in [0.15, 0.2) is 68.7 Å². The fourth-order valence-corrected chi connectivity index (χ4v) is 4.33. The van der Waals surface area contributed by atoms with Gasteiger partial charge in [-0.05, 0) is 84.0 Å². The van der Waals surface area contributed by atoms with Gasteiger partial charge in [0, 0.05) is 13.7 Å². The van der Waals surface area contributed by atoms with E-state index >= 15 is 0 Å². The Kier molecular flexibility index (Phi) is 10.8. The van der Waals surface area contributed by atoms with Gasteiger partial charge in [-0.1, -0.05) is 30.3 Å². The monoisotopic (exact) mass is 542 g/mol. The summed E-state index contributed by atoms with van der Waals surface area (Å²) in [4.78, 5) is 25.9. The van der Waals surface area contributed by atoms with Gasteiger partial charge in [0.2, 0.25) is 0 Å². The van der Waals surface area contributed by atoms with E-state index in [9.17, 15) is 14.7 Å². The molecule has 10 heteroatoms. The van der Waals surface area contributed by atoms with Crippen LogP contribution in [-0.2, 0) is 17.9 Å². The summed E-state index contributed by atoms with van der Waals surface area (Å²) in [6, 6.07) is 17.4. The Bertz CT molecular complexity index is 1480. The topological polar surface area (TPSA) is 114 Å². The van der Waals surface area contributed by atoms with Crippen molar-refractivity contribution < 1.29 is 53.4 Å². The third kappa shape index (κ3) is 7.52. The fourth-order valence-electron chi connectivity index (χ4n) is 4.33. The Morgan fingerprint density at radius 3 is 2.26 bits per heavy atom. The molecule has 0 aliphatic heterocycles. The number of aryl methyl sites for hydroxylation is 2. The Hall–Kier alpha value is -3.08. The fraction of sp³-hybridized carbons (Fsp3) is 0.310. The van der Waals surface area contributed by atoms with Crippen molar-refractivity contribution in [2.75, 3.05) is 20.3 Å². The molecule has 0 unspecified atom stereocenters. The number of ether oxygens (including phenoxy) is 3. The van der Waals surface area contributed by atoms with Crippen molar-refractivity contribution in [1.82, 2.24) is 9.72 Å². The number of benzene rings is 3. The van der Waals surface area contributed by atoms with Crippen LogP contribution in [-0.4, -0.2) is 36.3 Å². The van der Waals surface area contributed by atoms with Crippen LogP contribution >= 0.6 is 0 Å². The van der Waals surface area contributed by atoms with E-state index in [1.807, 2.05) is 48.5 Å². The molecule has 3 aromatic carbocycles. The summed E-state index contributed by atoms with van der Waals surface area (Å²) in [7, 11) is 1.55. The smallest absolute Gasteiger partial charge is 0.491 e. The van der Waals surface area contributed by atoms with Crippen LogP contribution in [0.25, 0.3) is 11.1 Å². The molecular formula is C29H31N2NaO7. The molecule has 1 aromatic heterocycles. The second kappa shape index (κ2) is 13.8. The molecule has 0 saturated carbocycles. The van der Waals surface area contributed by atoms with Gasteiger partial charge in [-0.2, -0.15) is 0 Å². The molecular weight excluding hydrogens is 511 g/mol. The molecule has 0 aliphatic rings. The first kappa shape index (κ1) is 30.5. The molecule has 0 aliphatic carbocycles. The van der Waals surface area contributed by atoms with Crippen LogP contribution in [0.1, 0.15) is 27.8 Å². The summed E-state index contributed by atoms with van der Waals surface area (Å²) in [6.45, 7) is 6.89. The van der Waals surface area contributed by atoms with E-state index in [0.29, 0.717) is 12.4 Å². The van der Waals surface area contributed by atoms with Crippen LogP contribution in [0.4, 0.5) is 0 Å². The Balaban J connectivity index is 0.00000420. The number of rotatable bonds is 11. The van der Waals surface area contributed by atoms with Crippen molar-refractivity contribution >= 4 is 0 Å². The molecule has 0 saturated heterocycles. The number of aromatic nitrogens is 2. The largest absolute Gasteiger partial charge is 1.00 e. The second-order valence-electron chi connectivity index (χ2n) is 9.09. The number of hydrogen-bond donors (Lipinski definition) is 1. The maximum absolute atomic E-state index is 11.6. The van der Waals surface area contributed by atoms with Crippen molar-refractivity contribution in [3.05, 3.63) is 103 Å². The van der Waals surface area contributed by atoms with Gasteiger partial charge >= 0.3 is 35.3 Å². The van der Waals surface area contributed by atoms with E-state index < -0.39 is 11.4 Å². The average molecular weight is 543 g/mol. The van der Waals surface area contributed by atoms with Gasteiger partial charge < -0.3 is 28.8 Å². The normalized spacial score (nSPS) is 11.6. The predicted molar refractivity (Wildman–Crippen MR) is 142 cm³/mol. The van der Waals surface area contributed by atoms with Crippen molar-refractivity contribution in [3.8, 4) is 22.6 Å². The minimum Gasteiger partial charge on any atom is -0.491 e. The standard InChI is InChI=1S/C29H32N2O7.Na/c1-18-12-24(37-17-25(15-32)35-4)13-19(2)27(18)26-7-5-6-22(20(26)3)16-36-23-10-8-21(9-11-23)14-31-28(33)30-29(34)38-31;/h5-13,25,32H,14-17H2,1-4H3,(H,30,33,34);/q;+1/p-1/t25-;/m0./s1. The van der Waals surface area contributed by atoms with Gasteiger partial charge in [0.05, 0.1) is 6.61 Å². The third-order valence-electron chi connectivity index (χ3n) is 6.43. The summed E-state index contributed by atoms with van der Waals surface area (Å²) in [5.41, 5.74) is 6.71. The summed E-state index contributed by atoms with van der Waals surface area (Å²) < 4.78 is 22.7. The molecule has 0 spiro atoms. The van der Waals surface area contributed by atoms with Crippen molar-refractivity contribution in [2.24, 2.45) is 0 Å². The van der Waals surface area contributed by atoms with Gasteiger partial charge in [0.25, 0.3) is 0 Å². The quantitative estimate of drug-likeness (QED) is 0.271. The van der Waals surface area contributed by atoms with Crippen LogP contribution in [0, 0.1) is 20.8 Å². The Labute approximate surface area is 248 Å². The predicted octanol–water partition coefficient (Wildman–Crippen LogP) is 0.368. The first-order chi connectivity index (χ1) is 18.3. The van der Waals surface area contributed by atoms with E-state index in [2.05, 4.69) is 31.8 Å². The molecule has 0 bridgehead atoms. The van der Waals surface area contributed by atoms with E-state index in [4.69, 9.17) is 18.7 Å². The third-order valence-corrected chi connectivity index (χ3v) is 6.43. The molecule has 9 nitrogen and oxygen atoms in total. The molecule has 39 heavy (non-hydrogen) atoms. The van der Waals surface area contributed by atoms with Crippen LogP contribution in [0.5, 0.6) is 11.5 Å². The first-order valence-corrected chi connectivity index (χ1v) is 12.2. The zero-order valence-corrected chi connectivity index (χ0v) is 24.9. The van der Waals surface area contributed by atoms with Gasteiger partial charge in [-0.25, -0.2) is 4.79 Å². The maximum atomic E-state index is 11.6. The number of aliphatic hydroxyl groups excluding tert-OH is 1. The maximum Gasteiger partial charge on any atom is 1.00 e. The minimum atomic E-state index is -0.902. The molecule has 4 rings (SSSR count). The second-order valence-corrected chi connectivity index (χ2v) is 9.09. The molecule has 200 valence electrons. The van der Waals surface area contributed by atoms with Gasteiger partial charge in [-0.3, -0.25) is 9.53 Å². The Morgan fingerprint density at radius 1 is 0.974 bits per heavy atom. The van der Waals surface area contributed by atoms with Crippen LogP contribution < -0.4 is 55.5 Å². The number of methoxy groups -OCH3 is 1. The van der Waals surface area contributed by atoms with Crippen molar-refractivity contribution in [1.29, 1.82) is 0 Å². The summed E-state index contributed by atoms with van der Waals surface area (Å²) in [6.07, 6.45) is -0.365. The molecule has 1 heterocycles. The number of aliphatic hydroxyl groups is 1. The zero-order chi connectivity index (χ0) is 27.2. The van der Waals surface area contributed by atoms with Gasteiger partial charge in [0.1, 0.15) is 30.8 Å². The molecule has 1 atom stereocenters. The molecule has 0 radical (unpaired) electrons. The van der Waals surface area contributed by atoms with Crippen LogP contribution in [0.2, 0.25) is 0 Å². The summed E-state index contributed by atoms with van der Waals surface area (Å²) in [5, 5.41) is 9.31. The van der Waals surface area contributed by atoms with Crippen molar-refractivity contribution in [3.63, 3.8) is 0 Å². The number of nitrogens with zero attached hydrogens (tertiary/aromatic N) is 2. The van der Waals surface area contributed by atoms with Crippen molar-refractivity contribution in [2.45, 2.75) is 40.0 Å². The minimum absolute atomic E-state index is 0. The molecule has 0 fully saturated rings. The van der Waals surface area contributed by atoms with Crippen LogP contribution in [0.3, 0.4) is 0 Å². The van der Waals surface area contributed by atoms with E-state index in [1.165, 1.54) is 0 Å². The zero-order valence-electron chi connectivity index (χ0n) is 22.9. The average Bonchev–Trinajstić information content (AvgIpc) is 3.21. The summed E-state index contributed by atoms with van der Waals surface area (Å²) >= 11 is 0. The Morgan fingerprint density at radius 2 is 1.67 bits per heavy atom. The molecule has 0 amide bonds. The van der Waals surface area contributed by atoms with E-state index in [-0.39, 0.29) is 55.4 Å². The number of hydrogen-bond acceptors (Lipinski definition) is 7. The van der Waals surface area contributed by atoms with Gasteiger partial charge in [0.15, 0.2) is 5.69 Å².